The Labute approximate surface area is 185 Å². The summed E-state index contributed by atoms with van der Waals surface area (Å²) in [5.74, 6) is 1.28. The summed E-state index contributed by atoms with van der Waals surface area (Å²) in [6.45, 7) is 7.77. The summed E-state index contributed by atoms with van der Waals surface area (Å²) >= 11 is 6.84. The van der Waals surface area contributed by atoms with Gasteiger partial charge in [0, 0.05) is 37.1 Å². The van der Waals surface area contributed by atoms with Crippen LogP contribution in [-0.4, -0.2) is 30.6 Å². The molecule has 4 rings (SSSR count). The molecule has 0 unspecified atom stereocenters. The van der Waals surface area contributed by atoms with Crippen LogP contribution in [0.1, 0.15) is 31.9 Å². The van der Waals surface area contributed by atoms with E-state index in [0.29, 0.717) is 16.2 Å². The van der Waals surface area contributed by atoms with Crippen molar-refractivity contribution in [2.24, 2.45) is 0 Å². The molecule has 0 bridgehead atoms. The van der Waals surface area contributed by atoms with Crippen LogP contribution in [0, 0.1) is 0 Å². The fraction of sp³-hybridized carbons (Fsp3) is 0.286. The number of aromatic nitrogens is 4. The monoisotopic (exact) mass is 437 g/mol. The largest absolute Gasteiger partial charge is 0.358 e. The van der Waals surface area contributed by atoms with Gasteiger partial charge in [-0.2, -0.15) is 4.98 Å². The summed E-state index contributed by atoms with van der Waals surface area (Å²) < 4.78 is 0. The number of hydrogen-bond donors (Lipinski definition) is 2. The molecule has 0 saturated carbocycles. The van der Waals surface area contributed by atoms with Crippen LogP contribution < -0.4 is 15.5 Å². The normalized spacial score (nSPS) is 13.1. The van der Waals surface area contributed by atoms with Crippen molar-refractivity contribution in [3.8, 4) is 0 Å². The zero-order valence-corrected chi connectivity index (χ0v) is 18.7. The Balaban J connectivity index is 1.62. The van der Waals surface area contributed by atoms with E-state index in [1.807, 2.05) is 26.8 Å². The molecular formula is C21H23N7S2. The smallest absolute Gasteiger partial charge is 0.232 e. The first-order valence-corrected chi connectivity index (χ1v) is 10.8. The average Bonchev–Trinajstić information content (AvgIpc) is 3.11. The van der Waals surface area contributed by atoms with Crippen molar-refractivity contribution in [2.45, 2.75) is 49.6 Å². The molecule has 0 amide bonds. The quantitative estimate of drug-likeness (QED) is 0.357. The van der Waals surface area contributed by atoms with Gasteiger partial charge < -0.3 is 15.5 Å². The maximum absolute atomic E-state index is 5.44. The standard InChI is InChI=1S/C21H23N7S2/c1-21(2,3)27-19(29)26-18-24-16(28-12-14-7-4-5-8-15(14)13-28)11-17(25-18)30-20-22-9-6-10-23-20/h4-11H,12-13H2,1-3H3,(H2,24,25,26,27,29). The number of benzene rings is 1. The molecule has 0 atom stereocenters. The van der Waals surface area contributed by atoms with E-state index in [1.165, 1.54) is 22.9 Å². The van der Waals surface area contributed by atoms with Gasteiger partial charge in [0.15, 0.2) is 10.3 Å². The first kappa shape index (κ1) is 20.5. The van der Waals surface area contributed by atoms with Crippen molar-refractivity contribution in [3.05, 3.63) is 59.9 Å². The molecule has 3 aromatic rings. The summed E-state index contributed by atoms with van der Waals surface area (Å²) in [6, 6.07) is 12.2. The Hall–Kier alpha value is -2.78. The van der Waals surface area contributed by atoms with Crippen molar-refractivity contribution in [2.75, 3.05) is 10.2 Å². The lowest BCUT2D eigenvalue weighted by Crippen LogP contribution is -2.43. The van der Waals surface area contributed by atoms with Crippen LogP contribution in [0.3, 0.4) is 0 Å². The minimum absolute atomic E-state index is 0.159. The second-order valence-corrected chi connectivity index (χ2v) is 9.37. The highest BCUT2D eigenvalue weighted by atomic mass is 32.2. The van der Waals surface area contributed by atoms with Gasteiger partial charge >= 0.3 is 0 Å². The van der Waals surface area contributed by atoms with E-state index in [-0.39, 0.29) is 5.54 Å². The SMILES string of the molecule is CC(C)(C)NC(=S)Nc1nc(Sc2ncccn2)cc(N2Cc3ccccc3C2)n1. The summed E-state index contributed by atoms with van der Waals surface area (Å²) in [7, 11) is 0. The lowest BCUT2D eigenvalue weighted by atomic mass is 10.1. The zero-order chi connectivity index (χ0) is 21.1. The summed E-state index contributed by atoms with van der Waals surface area (Å²) in [6.07, 6.45) is 3.44. The third-order valence-electron chi connectivity index (χ3n) is 4.31. The van der Waals surface area contributed by atoms with Crippen molar-refractivity contribution < 1.29 is 0 Å². The van der Waals surface area contributed by atoms with E-state index >= 15 is 0 Å². The highest BCUT2D eigenvalue weighted by molar-refractivity contribution is 7.99. The molecule has 30 heavy (non-hydrogen) atoms. The van der Waals surface area contributed by atoms with Crippen molar-refractivity contribution in [1.29, 1.82) is 0 Å². The van der Waals surface area contributed by atoms with E-state index < -0.39 is 0 Å². The van der Waals surface area contributed by atoms with E-state index in [2.05, 4.69) is 54.8 Å². The molecule has 0 aliphatic carbocycles. The molecule has 1 aliphatic rings. The highest BCUT2D eigenvalue weighted by Crippen LogP contribution is 2.31. The van der Waals surface area contributed by atoms with Gasteiger partial charge in [-0.3, -0.25) is 0 Å². The molecule has 3 heterocycles. The van der Waals surface area contributed by atoms with Gasteiger partial charge in [-0.15, -0.1) is 0 Å². The summed E-state index contributed by atoms with van der Waals surface area (Å²) in [5.41, 5.74) is 2.47. The maximum atomic E-state index is 5.44. The molecule has 154 valence electrons. The third kappa shape index (κ3) is 5.22. The minimum atomic E-state index is -0.159. The Morgan fingerprint density at radius 1 is 1.03 bits per heavy atom. The van der Waals surface area contributed by atoms with E-state index in [0.717, 1.165) is 23.9 Å². The van der Waals surface area contributed by atoms with Crippen LogP contribution in [0.15, 0.2) is 59.0 Å². The van der Waals surface area contributed by atoms with Crippen LogP contribution in [0.2, 0.25) is 0 Å². The molecule has 1 aromatic carbocycles. The average molecular weight is 438 g/mol. The van der Waals surface area contributed by atoms with Crippen molar-refractivity contribution >= 4 is 40.9 Å². The van der Waals surface area contributed by atoms with E-state index in [4.69, 9.17) is 17.2 Å². The lowest BCUT2D eigenvalue weighted by Gasteiger charge is -2.23. The predicted octanol–water partition coefficient (Wildman–Crippen LogP) is 4.02. The molecule has 1 aliphatic heterocycles. The number of fused-ring (bicyclic) bond motifs is 1. The Morgan fingerprint density at radius 2 is 1.70 bits per heavy atom. The first-order chi connectivity index (χ1) is 14.4. The molecule has 2 N–H and O–H groups in total. The number of thiocarbonyl (C=S) groups is 1. The summed E-state index contributed by atoms with van der Waals surface area (Å²) in [5, 5.41) is 8.23. The minimum Gasteiger partial charge on any atom is -0.358 e. The highest BCUT2D eigenvalue weighted by Gasteiger charge is 2.22. The van der Waals surface area contributed by atoms with Gasteiger partial charge in [-0.25, -0.2) is 15.0 Å². The second-order valence-electron chi connectivity index (χ2n) is 7.98. The third-order valence-corrected chi connectivity index (χ3v) is 5.32. The van der Waals surface area contributed by atoms with Crippen LogP contribution in [0.25, 0.3) is 0 Å². The molecule has 0 saturated heterocycles. The Kier molecular flexibility index (Phi) is 5.83. The van der Waals surface area contributed by atoms with Gasteiger partial charge in [0.2, 0.25) is 5.95 Å². The van der Waals surface area contributed by atoms with Crippen molar-refractivity contribution in [1.82, 2.24) is 25.3 Å². The van der Waals surface area contributed by atoms with Crippen molar-refractivity contribution in [3.63, 3.8) is 0 Å². The van der Waals surface area contributed by atoms with Gasteiger partial charge in [0.1, 0.15) is 10.8 Å². The fourth-order valence-corrected chi connectivity index (χ4v) is 4.19. The molecular weight excluding hydrogens is 414 g/mol. The molecule has 2 aromatic heterocycles. The van der Waals surface area contributed by atoms with Gasteiger partial charge in [-0.1, -0.05) is 24.3 Å². The maximum Gasteiger partial charge on any atom is 0.232 e. The first-order valence-electron chi connectivity index (χ1n) is 9.60. The second kappa shape index (κ2) is 8.53. The van der Waals surface area contributed by atoms with E-state index in [1.54, 1.807) is 18.5 Å². The lowest BCUT2D eigenvalue weighted by molar-refractivity contribution is 0.514. The molecule has 0 fully saturated rings. The Morgan fingerprint density at radius 3 is 2.33 bits per heavy atom. The fourth-order valence-electron chi connectivity index (χ4n) is 3.08. The number of hydrogen-bond acceptors (Lipinski definition) is 7. The zero-order valence-electron chi connectivity index (χ0n) is 17.1. The number of rotatable bonds is 4. The topological polar surface area (TPSA) is 78.9 Å². The van der Waals surface area contributed by atoms with Gasteiger partial charge in [-0.05, 0) is 61.9 Å². The van der Waals surface area contributed by atoms with Crippen LogP contribution >= 0.6 is 24.0 Å². The summed E-state index contributed by atoms with van der Waals surface area (Å²) in [4.78, 5) is 20.2. The molecule has 0 radical (unpaired) electrons. The van der Waals surface area contributed by atoms with Gasteiger partial charge in [0.25, 0.3) is 0 Å². The molecule has 9 heteroatoms. The van der Waals surface area contributed by atoms with Crippen LogP contribution in [0.5, 0.6) is 0 Å². The van der Waals surface area contributed by atoms with Crippen LogP contribution in [0.4, 0.5) is 11.8 Å². The molecule has 7 nitrogen and oxygen atoms in total. The predicted molar refractivity (Wildman–Crippen MR) is 124 cm³/mol. The van der Waals surface area contributed by atoms with Gasteiger partial charge in [0.05, 0.1) is 0 Å². The number of nitrogens with zero attached hydrogens (tertiary/aromatic N) is 5. The van der Waals surface area contributed by atoms with Crippen LogP contribution in [-0.2, 0) is 13.1 Å². The number of anilines is 2. The Bertz CT molecular complexity index is 1030. The van der Waals surface area contributed by atoms with E-state index in [9.17, 15) is 0 Å². The number of nitrogens with one attached hydrogen (secondary N) is 2. The molecule has 0 spiro atoms.